The fourth-order valence-corrected chi connectivity index (χ4v) is 2.84. The fraction of sp³-hybridized carbons (Fsp3) is 0.929. The second-order valence-corrected chi connectivity index (χ2v) is 5.95. The van der Waals surface area contributed by atoms with Gasteiger partial charge >= 0.3 is 0 Å². The zero-order valence-corrected chi connectivity index (χ0v) is 11.0. The van der Waals surface area contributed by atoms with Gasteiger partial charge < -0.3 is 10.6 Å². The van der Waals surface area contributed by atoms with Crippen molar-refractivity contribution in [2.45, 2.75) is 57.9 Å². The van der Waals surface area contributed by atoms with Crippen molar-refractivity contribution < 1.29 is 4.79 Å². The summed E-state index contributed by atoms with van der Waals surface area (Å²) >= 11 is 0. The maximum absolute atomic E-state index is 11.4. The SMILES string of the molecule is CC1CCCC(CCNCC(=O)NC2CC2)C1. The van der Waals surface area contributed by atoms with Crippen LogP contribution in [0, 0.1) is 11.8 Å². The second-order valence-electron chi connectivity index (χ2n) is 5.95. The van der Waals surface area contributed by atoms with Crippen molar-refractivity contribution in [1.29, 1.82) is 0 Å². The predicted molar refractivity (Wildman–Crippen MR) is 69.8 cm³/mol. The second kappa shape index (κ2) is 6.39. The van der Waals surface area contributed by atoms with Crippen LogP contribution in [0.2, 0.25) is 0 Å². The summed E-state index contributed by atoms with van der Waals surface area (Å²) in [6.45, 7) is 3.86. The first kappa shape index (κ1) is 12.9. The first-order valence-corrected chi connectivity index (χ1v) is 7.24. The smallest absolute Gasteiger partial charge is 0.234 e. The molecular formula is C14H26N2O. The van der Waals surface area contributed by atoms with E-state index >= 15 is 0 Å². The van der Waals surface area contributed by atoms with Gasteiger partial charge in [-0.3, -0.25) is 4.79 Å². The van der Waals surface area contributed by atoms with Crippen molar-refractivity contribution in [2.24, 2.45) is 11.8 Å². The molecule has 0 aromatic heterocycles. The van der Waals surface area contributed by atoms with Crippen molar-refractivity contribution in [3.8, 4) is 0 Å². The summed E-state index contributed by atoms with van der Waals surface area (Å²) in [5.74, 6) is 1.97. The van der Waals surface area contributed by atoms with Gasteiger partial charge in [-0.1, -0.05) is 26.2 Å². The summed E-state index contributed by atoms with van der Waals surface area (Å²) in [6, 6.07) is 0.489. The predicted octanol–water partition coefficient (Wildman–Crippen LogP) is 2.07. The Morgan fingerprint density at radius 2 is 2.06 bits per heavy atom. The van der Waals surface area contributed by atoms with Crippen molar-refractivity contribution in [3.63, 3.8) is 0 Å². The zero-order valence-electron chi connectivity index (χ0n) is 11.0. The first-order valence-electron chi connectivity index (χ1n) is 7.24. The van der Waals surface area contributed by atoms with Crippen LogP contribution in [0.1, 0.15) is 51.9 Å². The molecule has 1 amide bonds. The number of hydrogen-bond acceptors (Lipinski definition) is 2. The Balaban J connectivity index is 1.48. The summed E-state index contributed by atoms with van der Waals surface area (Å²) < 4.78 is 0. The lowest BCUT2D eigenvalue weighted by Crippen LogP contribution is -2.35. The topological polar surface area (TPSA) is 41.1 Å². The summed E-state index contributed by atoms with van der Waals surface area (Å²) in [4.78, 5) is 11.4. The van der Waals surface area contributed by atoms with Crippen LogP contribution in [-0.2, 0) is 4.79 Å². The van der Waals surface area contributed by atoms with Crippen LogP contribution < -0.4 is 10.6 Å². The van der Waals surface area contributed by atoms with Gasteiger partial charge in [0.1, 0.15) is 0 Å². The van der Waals surface area contributed by atoms with Gasteiger partial charge in [0.15, 0.2) is 0 Å². The van der Waals surface area contributed by atoms with Gasteiger partial charge in [-0.15, -0.1) is 0 Å². The molecule has 0 spiro atoms. The minimum absolute atomic E-state index is 0.171. The van der Waals surface area contributed by atoms with E-state index in [1.165, 1.54) is 44.9 Å². The molecule has 0 bridgehead atoms. The van der Waals surface area contributed by atoms with E-state index in [0.717, 1.165) is 18.4 Å². The molecule has 0 saturated heterocycles. The molecule has 2 fully saturated rings. The van der Waals surface area contributed by atoms with Crippen LogP contribution in [-0.4, -0.2) is 25.0 Å². The summed E-state index contributed by atoms with van der Waals surface area (Å²) in [5.41, 5.74) is 0. The highest BCUT2D eigenvalue weighted by molar-refractivity contribution is 5.78. The number of carbonyl (C=O) groups is 1. The minimum Gasteiger partial charge on any atom is -0.352 e. The standard InChI is InChI=1S/C14H26N2O/c1-11-3-2-4-12(9-11)7-8-15-10-14(17)16-13-5-6-13/h11-13,15H,2-10H2,1H3,(H,16,17). The van der Waals surface area contributed by atoms with Crippen LogP contribution in [0.5, 0.6) is 0 Å². The molecule has 2 aliphatic rings. The van der Waals surface area contributed by atoms with Crippen LogP contribution in [0.3, 0.4) is 0 Å². The highest BCUT2D eigenvalue weighted by Gasteiger charge is 2.23. The molecule has 0 aromatic carbocycles. The van der Waals surface area contributed by atoms with Gasteiger partial charge in [0.05, 0.1) is 6.54 Å². The van der Waals surface area contributed by atoms with Crippen molar-refractivity contribution in [2.75, 3.05) is 13.1 Å². The van der Waals surface area contributed by atoms with Crippen LogP contribution in [0.25, 0.3) is 0 Å². The van der Waals surface area contributed by atoms with E-state index in [2.05, 4.69) is 17.6 Å². The maximum atomic E-state index is 11.4. The van der Waals surface area contributed by atoms with E-state index in [-0.39, 0.29) is 5.91 Å². The molecule has 98 valence electrons. The Morgan fingerprint density at radius 1 is 1.24 bits per heavy atom. The van der Waals surface area contributed by atoms with Gasteiger partial charge in [0, 0.05) is 6.04 Å². The highest BCUT2D eigenvalue weighted by atomic mass is 16.2. The fourth-order valence-electron chi connectivity index (χ4n) is 2.84. The number of amides is 1. The van der Waals surface area contributed by atoms with Gasteiger partial charge in [-0.25, -0.2) is 0 Å². The summed E-state index contributed by atoms with van der Waals surface area (Å²) in [7, 11) is 0. The largest absolute Gasteiger partial charge is 0.352 e. The lowest BCUT2D eigenvalue weighted by atomic mass is 9.81. The lowest BCUT2D eigenvalue weighted by Gasteiger charge is -2.26. The Hall–Kier alpha value is -0.570. The first-order chi connectivity index (χ1) is 8.24. The maximum Gasteiger partial charge on any atom is 0.234 e. The Morgan fingerprint density at radius 3 is 2.76 bits per heavy atom. The molecule has 0 aliphatic heterocycles. The number of carbonyl (C=O) groups excluding carboxylic acids is 1. The highest BCUT2D eigenvalue weighted by Crippen LogP contribution is 2.30. The molecule has 2 atom stereocenters. The number of nitrogens with one attached hydrogen (secondary N) is 2. The third-order valence-electron chi connectivity index (χ3n) is 4.00. The zero-order chi connectivity index (χ0) is 12.1. The van der Waals surface area contributed by atoms with Gasteiger partial charge in [0.2, 0.25) is 5.91 Å². The Kier molecular flexibility index (Phi) is 4.84. The van der Waals surface area contributed by atoms with E-state index in [1.807, 2.05) is 0 Å². The van der Waals surface area contributed by atoms with Crippen molar-refractivity contribution in [1.82, 2.24) is 10.6 Å². The van der Waals surface area contributed by atoms with Crippen molar-refractivity contribution >= 4 is 5.91 Å². The van der Waals surface area contributed by atoms with Crippen LogP contribution in [0.4, 0.5) is 0 Å². The molecule has 2 N–H and O–H groups in total. The van der Waals surface area contributed by atoms with E-state index in [4.69, 9.17) is 0 Å². The van der Waals surface area contributed by atoms with E-state index in [1.54, 1.807) is 0 Å². The molecule has 0 heterocycles. The summed E-state index contributed by atoms with van der Waals surface area (Å²) in [5, 5.41) is 6.27. The molecule has 2 aliphatic carbocycles. The number of rotatable bonds is 6. The van der Waals surface area contributed by atoms with Crippen molar-refractivity contribution in [3.05, 3.63) is 0 Å². The third kappa shape index (κ3) is 5.07. The molecule has 3 heteroatoms. The average Bonchev–Trinajstić information content (AvgIpc) is 3.08. The molecule has 2 rings (SSSR count). The molecule has 0 aromatic rings. The Bertz CT molecular complexity index is 251. The molecule has 0 radical (unpaired) electrons. The van der Waals surface area contributed by atoms with Gasteiger partial charge in [-0.05, 0) is 44.1 Å². The van der Waals surface area contributed by atoms with E-state index in [9.17, 15) is 4.79 Å². The number of hydrogen-bond donors (Lipinski definition) is 2. The van der Waals surface area contributed by atoms with Gasteiger partial charge in [0.25, 0.3) is 0 Å². The molecule has 2 saturated carbocycles. The van der Waals surface area contributed by atoms with E-state index in [0.29, 0.717) is 12.6 Å². The monoisotopic (exact) mass is 238 g/mol. The van der Waals surface area contributed by atoms with E-state index < -0.39 is 0 Å². The average molecular weight is 238 g/mol. The Labute approximate surface area is 105 Å². The molecule has 3 nitrogen and oxygen atoms in total. The van der Waals surface area contributed by atoms with Crippen LogP contribution in [0.15, 0.2) is 0 Å². The minimum atomic E-state index is 0.171. The summed E-state index contributed by atoms with van der Waals surface area (Å²) in [6.07, 6.45) is 9.16. The quantitative estimate of drug-likeness (QED) is 0.696. The normalized spacial score (nSPS) is 29.0. The third-order valence-corrected chi connectivity index (χ3v) is 4.00. The van der Waals surface area contributed by atoms with Gasteiger partial charge in [-0.2, -0.15) is 0 Å². The molecule has 17 heavy (non-hydrogen) atoms. The van der Waals surface area contributed by atoms with Crippen LogP contribution >= 0.6 is 0 Å². The molecule has 2 unspecified atom stereocenters. The lowest BCUT2D eigenvalue weighted by molar-refractivity contribution is -0.120. The molecular weight excluding hydrogens is 212 g/mol.